The molecule has 5 nitrogen and oxygen atoms in total. The lowest BCUT2D eigenvalue weighted by Gasteiger charge is -2.32. The second kappa shape index (κ2) is 4.86. The molecule has 6 heteroatoms. The summed E-state index contributed by atoms with van der Waals surface area (Å²) in [5.74, 6) is 0.208. The highest BCUT2D eigenvalue weighted by Crippen LogP contribution is 2.32. The summed E-state index contributed by atoms with van der Waals surface area (Å²) in [4.78, 5) is 24.3. The van der Waals surface area contributed by atoms with E-state index < -0.39 is 0 Å². The molecule has 1 aliphatic heterocycles. The van der Waals surface area contributed by atoms with E-state index >= 15 is 0 Å². The van der Waals surface area contributed by atoms with Gasteiger partial charge in [-0.05, 0) is 31.0 Å². The molecular formula is C13H14N2O3S. The van der Waals surface area contributed by atoms with E-state index in [0.29, 0.717) is 29.8 Å². The van der Waals surface area contributed by atoms with Crippen molar-refractivity contribution in [2.75, 3.05) is 11.1 Å². The molecule has 0 atom stereocenters. The van der Waals surface area contributed by atoms with Crippen LogP contribution in [0, 0.1) is 0 Å². The maximum atomic E-state index is 12.0. The molecule has 0 unspecified atom stereocenters. The number of rotatable bonds is 2. The van der Waals surface area contributed by atoms with Gasteiger partial charge in [-0.1, -0.05) is 0 Å². The van der Waals surface area contributed by atoms with Crippen LogP contribution in [0.4, 0.5) is 5.69 Å². The van der Waals surface area contributed by atoms with Gasteiger partial charge in [-0.3, -0.25) is 9.59 Å². The summed E-state index contributed by atoms with van der Waals surface area (Å²) in [5, 5.41) is 14.8. The Morgan fingerprint density at radius 2 is 2.21 bits per heavy atom. The first-order valence-corrected chi connectivity index (χ1v) is 7.16. The predicted molar refractivity (Wildman–Crippen MR) is 72.3 cm³/mol. The highest BCUT2D eigenvalue weighted by Gasteiger charge is 2.28. The van der Waals surface area contributed by atoms with Crippen LogP contribution in [0.1, 0.15) is 23.2 Å². The molecule has 0 aromatic heterocycles. The fraction of sp³-hybridized carbons (Fsp3) is 0.385. The van der Waals surface area contributed by atoms with Crippen LogP contribution < -0.4 is 10.6 Å². The van der Waals surface area contributed by atoms with Crippen LogP contribution in [0.15, 0.2) is 23.1 Å². The van der Waals surface area contributed by atoms with Crippen LogP contribution in [-0.2, 0) is 4.79 Å². The minimum atomic E-state index is -0.287. The molecule has 0 radical (unpaired) electrons. The first-order valence-electron chi connectivity index (χ1n) is 6.17. The number of fused-ring (bicyclic) bond motifs is 1. The molecule has 3 N–H and O–H groups in total. The van der Waals surface area contributed by atoms with Crippen LogP contribution in [-0.4, -0.2) is 34.8 Å². The summed E-state index contributed by atoms with van der Waals surface area (Å²) in [7, 11) is 0. The molecule has 1 heterocycles. The lowest BCUT2D eigenvalue weighted by molar-refractivity contribution is -0.113. The molecule has 1 saturated carbocycles. The van der Waals surface area contributed by atoms with Crippen molar-refractivity contribution in [2.45, 2.75) is 29.9 Å². The number of thioether (sulfide) groups is 1. The van der Waals surface area contributed by atoms with Gasteiger partial charge in [-0.2, -0.15) is 0 Å². The van der Waals surface area contributed by atoms with Gasteiger partial charge in [-0.25, -0.2) is 0 Å². The summed E-state index contributed by atoms with van der Waals surface area (Å²) < 4.78 is 0. The molecule has 1 aliphatic carbocycles. The van der Waals surface area contributed by atoms with Crippen LogP contribution in [0.5, 0.6) is 0 Å². The Morgan fingerprint density at radius 3 is 2.95 bits per heavy atom. The van der Waals surface area contributed by atoms with Gasteiger partial charge in [0.2, 0.25) is 5.91 Å². The predicted octanol–water partition coefficient (Wildman–Crippen LogP) is 0.984. The van der Waals surface area contributed by atoms with Gasteiger partial charge < -0.3 is 15.7 Å². The van der Waals surface area contributed by atoms with Crippen molar-refractivity contribution in [1.29, 1.82) is 0 Å². The highest BCUT2D eigenvalue weighted by molar-refractivity contribution is 8.00. The van der Waals surface area contributed by atoms with Gasteiger partial charge in [-0.15, -0.1) is 11.8 Å². The SMILES string of the molecule is O=C1CSc2ccc(C(=O)NC3CC(O)C3)cc2N1. The maximum absolute atomic E-state index is 12.0. The van der Waals surface area contributed by atoms with Crippen LogP contribution in [0.2, 0.25) is 0 Å². The number of amides is 2. The Bertz CT molecular complexity index is 541. The number of aliphatic hydroxyl groups excluding tert-OH is 1. The molecule has 0 bridgehead atoms. The summed E-state index contributed by atoms with van der Waals surface area (Å²) in [5.41, 5.74) is 1.23. The number of aliphatic hydroxyl groups is 1. The second-order valence-corrected chi connectivity index (χ2v) is 5.86. The number of anilines is 1. The molecule has 2 amide bonds. The monoisotopic (exact) mass is 278 g/mol. The molecule has 0 spiro atoms. The summed E-state index contributed by atoms with van der Waals surface area (Å²) >= 11 is 1.47. The Morgan fingerprint density at radius 1 is 1.42 bits per heavy atom. The fourth-order valence-electron chi connectivity index (χ4n) is 2.20. The molecule has 19 heavy (non-hydrogen) atoms. The lowest BCUT2D eigenvalue weighted by Crippen LogP contribution is -2.46. The third-order valence-electron chi connectivity index (χ3n) is 3.32. The summed E-state index contributed by atoms with van der Waals surface area (Å²) in [6.45, 7) is 0. The molecule has 100 valence electrons. The molecular weight excluding hydrogens is 264 g/mol. The third-order valence-corrected chi connectivity index (χ3v) is 4.40. The summed E-state index contributed by atoms with van der Waals surface area (Å²) in [6, 6.07) is 5.36. The van der Waals surface area contributed by atoms with Crippen molar-refractivity contribution >= 4 is 29.3 Å². The topological polar surface area (TPSA) is 78.4 Å². The van der Waals surface area contributed by atoms with E-state index in [1.165, 1.54) is 11.8 Å². The highest BCUT2D eigenvalue weighted by atomic mass is 32.2. The van der Waals surface area contributed by atoms with Crippen LogP contribution in [0.3, 0.4) is 0 Å². The Kier molecular flexibility index (Phi) is 3.20. The van der Waals surface area contributed by atoms with E-state index in [1.807, 2.05) is 6.07 Å². The Balaban J connectivity index is 1.72. The summed E-state index contributed by atoms with van der Waals surface area (Å²) in [6.07, 6.45) is 0.941. The first-order chi connectivity index (χ1) is 9.11. The van der Waals surface area contributed by atoms with Crippen LogP contribution in [0.25, 0.3) is 0 Å². The van der Waals surface area contributed by atoms with Gasteiger partial charge in [0.1, 0.15) is 0 Å². The van der Waals surface area contributed by atoms with Crippen LogP contribution >= 0.6 is 11.8 Å². The quantitative estimate of drug-likeness (QED) is 0.753. The molecule has 1 aromatic rings. The lowest BCUT2D eigenvalue weighted by atomic mass is 9.89. The molecule has 3 rings (SSSR count). The average Bonchev–Trinajstić information content (AvgIpc) is 2.36. The van der Waals surface area contributed by atoms with Crippen molar-refractivity contribution in [3.05, 3.63) is 23.8 Å². The molecule has 2 aliphatic rings. The standard InChI is InChI=1S/C13H14N2O3S/c16-9-4-8(5-9)14-13(18)7-1-2-11-10(3-7)15-12(17)6-19-11/h1-3,8-9,16H,4-6H2,(H,14,18)(H,15,17). The Hall–Kier alpha value is -1.53. The van der Waals surface area contributed by atoms with Crippen molar-refractivity contribution in [1.82, 2.24) is 5.32 Å². The second-order valence-electron chi connectivity index (χ2n) is 4.84. The van der Waals surface area contributed by atoms with Crippen molar-refractivity contribution in [3.63, 3.8) is 0 Å². The number of carbonyl (C=O) groups excluding carboxylic acids is 2. The smallest absolute Gasteiger partial charge is 0.251 e. The average molecular weight is 278 g/mol. The number of benzene rings is 1. The van der Waals surface area contributed by atoms with E-state index in [-0.39, 0.29) is 24.0 Å². The van der Waals surface area contributed by atoms with Gasteiger partial charge in [0, 0.05) is 16.5 Å². The number of carbonyl (C=O) groups is 2. The van der Waals surface area contributed by atoms with Gasteiger partial charge in [0.15, 0.2) is 0 Å². The number of hydrogen-bond donors (Lipinski definition) is 3. The van der Waals surface area contributed by atoms with Crippen molar-refractivity contribution < 1.29 is 14.7 Å². The van der Waals surface area contributed by atoms with Crippen molar-refractivity contribution in [2.24, 2.45) is 0 Å². The van der Waals surface area contributed by atoms with E-state index in [0.717, 1.165) is 4.90 Å². The maximum Gasteiger partial charge on any atom is 0.251 e. The van der Waals surface area contributed by atoms with E-state index in [9.17, 15) is 14.7 Å². The minimum absolute atomic E-state index is 0.0443. The largest absolute Gasteiger partial charge is 0.393 e. The van der Waals surface area contributed by atoms with Gasteiger partial charge in [0.25, 0.3) is 5.91 Å². The molecule has 1 aromatic carbocycles. The zero-order chi connectivity index (χ0) is 13.4. The number of hydrogen-bond acceptors (Lipinski definition) is 4. The first kappa shape index (κ1) is 12.5. The van der Waals surface area contributed by atoms with Crippen molar-refractivity contribution in [3.8, 4) is 0 Å². The van der Waals surface area contributed by atoms with Gasteiger partial charge >= 0.3 is 0 Å². The van der Waals surface area contributed by atoms with E-state index in [4.69, 9.17) is 0 Å². The van der Waals surface area contributed by atoms with E-state index in [2.05, 4.69) is 10.6 Å². The number of nitrogens with one attached hydrogen (secondary N) is 2. The molecule has 1 fully saturated rings. The normalized spacial score (nSPS) is 25.0. The third kappa shape index (κ3) is 2.59. The molecule has 0 saturated heterocycles. The minimum Gasteiger partial charge on any atom is -0.393 e. The Labute approximate surface area is 114 Å². The fourth-order valence-corrected chi connectivity index (χ4v) is 2.99. The van der Waals surface area contributed by atoms with Gasteiger partial charge in [0.05, 0.1) is 17.5 Å². The zero-order valence-electron chi connectivity index (χ0n) is 10.2. The zero-order valence-corrected chi connectivity index (χ0v) is 11.0. The van der Waals surface area contributed by atoms with E-state index in [1.54, 1.807) is 12.1 Å².